The Bertz CT molecular complexity index is 3030. The molecule has 0 bridgehead atoms. The standard InChI is InChI=1S/C45H29N5/c1-47-28-29-20-21-36-41(26-29)49(32-15-6-3-7-16-32)40-25-23-34-33-22-24-39-42(35-17-9-11-19-38(35)48(39)31-13-4-2-5-14-31)44(33)50(45(34)43(36)40)37-18-10-8-12-30(37)27-46/h2-26H,1,28H2. The number of nitriles is 1. The van der Waals surface area contributed by atoms with Gasteiger partial charge in [0.1, 0.15) is 6.07 Å². The highest BCUT2D eigenvalue weighted by Gasteiger charge is 2.25. The Hall–Kier alpha value is -6.90. The lowest BCUT2D eigenvalue weighted by Crippen LogP contribution is -1.98. The quantitative estimate of drug-likeness (QED) is 0.173. The second-order valence-electron chi connectivity index (χ2n) is 12.8. The molecular weight excluding hydrogens is 611 g/mol. The molecule has 10 rings (SSSR count). The molecule has 0 aliphatic rings. The van der Waals surface area contributed by atoms with Crippen LogP contribution in [0.1, 0.15) is 11.1 Å². The fourth-order valence-electron chi connectivity index (χ4n) is 8.13. The van der Waals surface area contributed by atoms with Gasteiger partial charge in [0.2, 0.25) is 0 Å². The summed E-state index contributed by atoms with van der Waals surface area (Å²) in [5.74, 6) is 0. The SMILES string of the molecule is C=NCc1ccc2c3c(ccc4c5ccc6c(c7ccccc7n6-c6ccccc6)c5n(-c5ccccc5C#N)c43)n(-c3ccccc3)c2c1. The number of hydrogen-bond acceptors (Lipinski definition) is 2. The van der Waals surface area contributed by atoms with Gasteiger partial charge in [0.05, 0.1) is 50.9 Å². The van der Waals surface area contributed by atoms with Gasteiger partial charge in [-0.3, -0.25) is 4.99 Å². The number of rotatable bonds is 5. The van der Waals surface area contributed by atoms with E-state index in [1.807, 2.05) is 18.2 Å². The van der Waals surface area contributed by atoms with E-state index < -0.39 is 0 Å². The summed E-state index contributed by atoms with van der Waals surface area (Å²) in [6.45, 7) is 4.31. The van der Waals surface area contributed by atoms with Gasteiger partial charge in [-0.1, -0.05) is 91.0 Å². The number of hydrogen-bond donors (Lipinski definition) is 0. The minimum Gasteiger partial charge on any atom is -0.309 e. The van der Waals surface area contributed by atoms with E-state index >= 15 is 0 Å². The maximum Gasteiger partial charge on any atom is 0.101 e. The predicted octanol–water partition coefficient (Wildman–Crippen LogP) is 11.1. The molecule has 3 aromatic heterocycles. The first-order chi connectivity index (χ1) is 24.8. The molecular formula is C45H29N5. The van der Waals surface area contributed by atoms with Gasteiger partial charge >= 0.3 is 0 Å². The van der Waals surface area contributed by atoms with E-state index in [2.05, 4.69) is 165 Å². The molecule has 0 saturated heterocycles. The van der Waals surface area contributed by atoms with Crippen LogP contribution in [0.2, 0.25) is 0 Å². The van der Waals surface area contributed by atoms with Crippen LogP contribution in [0.4, 0.5) is 0 Å². The van der Waals surface area contributed by atoms with Crippen LogP contribution in [0.25, 0.3) is 82.5 Å². The van der Waals surface area contributed by atoms with Gasteiger partial charge in [-0.15, -0.1) is 0 Å². The van der Waals surface area contributed by atoms with E-state index in [1.54, 1.807) is 0 Å². The molecule has 0 unspecified atom stereocenters. The van der Waals surface area contributed by atoms with Gasteiger partial charge in [0.15, 0.2) is 0 Å². The summed E-state index contributed by atoms with van der Waals surface area (Å²) in [6, 6.07) is 55.9. The molecule has 0 atom stereocenters. The van der Waals surface area contributed by atoms with Crippen molar-refractivity contribution < 1.29 is 0 Å². The van der Waals surface area contributed by atoms with Crippen LogP contribution in [0.3, 0.4) is 0 Å². The number of aromatic nitrogens is 3. The zero-order chi connectivity index (χ0) is 33.3. The van der Waals surface area contributed by atoms with Gasteiger partial charge in [0.25, 0.3) is 0 Å². The fourth-order valence-corrected chi connectivity index (χ4v) is 8.13. The summed E-state index contributed by atoms with van der Waals surface area (Å²) in [7, 11) is 0. The van der Waals surface area contributed by atoms with E-state index in [4.69, 9.17) is 0 Å². The smallest absolute Gasteiger partial charge is 0.101 e. The Labute approximate surface area is 287 Å². The number of para-hydroxylation sites is 4. The van der Waals surface area contributed by atoms with Gasteiger partial charge in [-0.2, -0.15) is 5.26 Å². The van der Waals surface area contributed by atoms with E-state index in [9.17, 15) is 5.26 Å². The van der Waals surface area contributed by atoms with Crippen LogP contribution < -0.4 is 0 Å². The normalized spacial score (nSPS) is 11.7. The highest BCUT2D eigenvalue weighted by Crippen LogP contribution is 2.46. The molecule has 10 aromatic rings. The molecule has 5 heteroatoms. The zero-order valence-corrected chi connectivity index (χ0v) is 27.1. The number of nitrogens with zero attached hydrogens (tertiary/aromatic N) is 5. The van der Waals surface area contributed by atoms with Crippen molar-refractivity contribution in [2.45, 2.75) is 6.54 Å². The van der Waals surface area contributed by atoms with Crippen LogP contribution in [0, 0.1) is 11.3 Å². The second kappa shape index (κ2) is 10.8. The molecule has 3 heterocycles. The first-order valence-corrected chi connectivity index (χ1v) is 16.8. The van der Waals surface area contributed by atoms with Crippen molar-refractivity contribution >= 4 is 72.1 Å². The predicted molar refractivity (Wildman–Crippen MR) is 207 cm³/mol. The first kappa shape index (κ1) is 28.1. The second-order valence-corrected chi connectivity index (χ2v) is 12.8. The molecule has 0 aliphatic heterocycles. The molecule has 0 fully saturated rings. The lowest BCUT2D eigenvalue weighted by atomic mass is 10.1. The van der Waals surface area contributed by atoms with Crippen molar-refractivity contribution in [1.29, 1.82) is 5.26 Å². The lowest BCUT2D eigenvalue weighted by molar-refractivity contribution is 1.08. The van der Waals surface area contributed by atoms with Crippen LogP contribution in [0.5, 0.6) is 0 Å². The third kappa shape index (κ3) is 3.85. The highest BCUT2D eigenvalue weighted by atomic mass is 15.0. The van der Waals surface area contributed by atoms with Crippen molar-refractivity contribution in [1.82, 2.24) is 13.7 Å². The molecule has 50 heavy (non-hydrogen) atoms. The minimum atomic E-state index is 0.543. The summed E-state index contributed by atoms with van der Waals surface area (Å²) in [5, 5.41) is 17.4. The molecule has 234 valence electrons. The van der Waals surface area contributed by atoms with Crippen LogP contribution in [-0.2, 0) is 6.54 Å². The maximum absolute atomic E-state index is 10.5. The largest absolute Gasteiger partial charge is 0.309 e. The molecule has 0 amide bonds. The molecule has 0 spiro atoms. The third-order valence-corrected chi connectivity index (χ3v) is 10.1. The molecule has 0 radical (unpaired) electrons. The Morgan fingerprint density at radius 2 is 1.04 bits per heavy atom. The molecule has 5 nitrogen and oxygen atoms in total. The van der Waals surface area contributed by atoms with E-state index in [0.29, 0.717) is 12.1 Å². The fraction of sp³-hybridized carbons (Fsp3) is 0.0222. The first-order valence-electron chi connectivity index (χ1n) is 16.8. The van der Waals surface area contributed by atoms with Crippen molar-refractivity contribution in [2.75, 3.05) is 0 Å². The van der Waals surface area contributed by atoms with Crippen LogP contribution >= 0.6 is 0 Å². The average molecular weight is 640 g/mol. The van der Waals surface area contributed by atoms with Crippen molar-refractivity contribution in [3.05, 3.63) is 163 Å². The molecule has 0 aliphatic carbocycles. The number of fused-ring (bicyclic) bond motifs is 11. The topological polar surface area (TPSA) is 50.9 Å². The summed E-state index contributed by atoms with van der Waals surface area (Å²) in [4.78, 5) is 4.20. The van der Waals surface area contributed by atoms with Crippen LogP contribution in [-0.4, -0.2) is 20.4 Å². The zero-order valence-electron chi connectivity index (χ0n) is 27.1. The number of aliphatic imine (C=N–C) groups is 1. The lowest BCUT2D eigenvalue weighted by Gasteiger charge is -2.12. The van der Waals surface area contributed by atoms with Crippen molar-refractivity contribution in [3.8, 4) is 23.1 Å². The summed E-state index contributed by atoms with van der Waals surface area (Å²) in [5.41, 5.74) is 11.4. The van der Waals surface area contributed by atoms with E-state index in [1.165, 1.54) is 5.39 Å². The molecule has 7 aromatic carbocycles. The Balaban J connectivity index is 1.48. The average Bonchev–Trinajstić information content (AvgIpc) is 3.81. The summed E-state index contributed by atoms with van der Waals surface area (Å²) >= 11 is 0. The Morgan fingerprint density at radius 1 is 0.500 bits per heavy atom. The van der Waals surface area contributed by atoms with Crippen molar-refractivity contribution in [3.63, 3.8) is 0 Å². The highest BCUT2D eigenvalue weighted by molar-refractivity contribution is 6.31. The van der Waals surface area contributed by atoms with Crippen LogP contribution in [0.15, 0.2) is 157 Å². The van der Waals surface area contributed by atoms with Gasteiger partial charge in [-0.25, -0.2) is 0 Å². The van der Waals surface area contributed by atoms with E-state index in [0.717, 1.165) is 82.7 Å². The molecule has 0 N–H and O–H groups in total. The summed E-state index contributed by atoms with van der Waals surface area (Å²) in [6.07, 6.45) is 0. The van der Waals surface area contributed by atoms with Gasteiger partial charge in [0, 0.05) is 43.7 Å². The van der Waals surface area contributed by atoms with Gasteiger partial charge < -0.3 is 13.7 Å². The summed E-state index contributed by atoms with van der Waals surface area (Å²) < 4.78 is 7.07. The van der Waals surface area contributed by atoms with E-state index in [-0.39, 0.29) is 0 Å². The maximum atomic E-state index is 10.5. The number of benzene rings is 7. The minimum absolute atomic E-state index is 0.543. The molecule has 0 saturated carbocycles. The third-order valence-electron chi connectivity index (χ3n) is 10.1. The Morgan fingerprint density at radius 3 is 1.68 bits per heavy atom. The Kier molecular flexibility index (Phi) is 6.09. The van der Waals surface area contributed by atoms with Gasteiger partial charge in [-0.05, 0) is 72.9 Å². The monoisotopic (exact) mass is 639 g/mol. The van der Waals surface area contributed by atoms with Crippen molar-refractivity contribution in [2.24, 2.45) is 4.99 Å².